The Bertz CT molecular complexity index is 423. The average Bonchev–Trinajstić information content (AvgIpc) is 2.59. The molecule has 2 unspecified atom stereocenters. The minimum atomic E-state index is 0.525. The fraction of sp³-hybridized carbons (Fsp3) is 0.667. The Balaban J connectivity index is 1.98. The van der Waals surface area contributed by atoms with Gasteiger partial charge in [0.1, 0.15) is 0 Å². The van der Waals surface area contributed by atoms with Gasteiger partial charge in [-0.1, -0.05) is 38.3 Å². The van der Waals surface area contributed by atoms with Crippen LogP contribution < -0.4 is 5.32 Å². The van der Waals surface area contributed by atoms with Gasteiger partial charge in [0, 0.05) is 16.7 Å². The fourth-order valence-corrected chi connectivity index (χ4v) is 3.37. The molecule has 0 aliphatic heterocycles. The Hall–Kier alpha value is -0.280. The SMILES string of the molecule is CC(C)C1CCCC(Nc2cc(Br)cnc2Cl)CC1. The lowest BCUT2D eigenvalue weighted by Gasteiger charge is -2.20. The van der Waals surface area contributed by atoms with Crippen molar-refractivity contribution in [2.75, 3.05) is 5.32 Å². The van der Waals surface area contributed by atoms with Crippen LogP contribution in [0.25, 0.3) is 0 Å². The molecule has 1 heterocycles. The third kappa shape index (κ3) is 4.35. The Morgan fingerprint density at radius 2 is 2.11 bits per heavy atom. The first kappa shape index (κ1) is 15.1. The number of hydrogen-bond acceptors (Lipinski definition) is 2. The van der Waals surface area contributed by atoms with Gasteiger partial charge in [-0.15, -0.1) is 0 Å². The van der Waals surface area contributed by atoms with E-state index in [0.717, 1.165) is 22.0 Å². The minimum absolute atomic E-state index is 0.525. The summed E-state index contributed by atoms with van der Waals surface area (Å²) < 4.78 is 0.966. The molecule has 2 nitrogen and oxygen atoms in total. The van der Waals surface area contributed by atoms with Crippen LogP contribution in [0.15, 0.2) is 16.7 Å². The fourth-order valence-electron chi connectivity index (χ4n) is 2.89. The van der Waals surface area contributed by atoms with Crippen molar-refractivity contribution in [2.24, 2.45) is 11.8 Å². The van der Waals surface area contributed by atoms with Gasteiger partial charge in [0.2, 0.25) is 0 Å². The Morgan fingerprint density at radius 1 is 1.32 bits per heavy atom. The van der Waals surface area contributed by atoms with E-state index in [-0.39, 0.29) is 0 Å². The van der Waals surface area contributed by atoms with Crippen molar-refractivity contribution in [3.63, 3.8) is 0 Å². The first-order valence-corrected chi connectivity index (χ1v) is 8.31. The highest BCUT2D eigenvalue weighted by atomic mass is 79.9. The lowest BCUT2D eigenvalue weighted by molar-refractivity contribution is 0.341. The molecule has 0 bridgehead atoms. The van der Waals surface area contributed by atoms with Crippen LogP contribution in [-0.4, -0.2) is 11.0 Å². The van der Waals surface area contributed by atoms with Crippen LogP contribution in [0.4, 0.5) is 5.69 Å². The molecule has 106 valence electrons. The Morgan fingerprint density at radius 3 is 2.84 bits per heavy atom. The van der Waals surface area contributed by atoms with Crippen LogP contribution in [0, 0.1) is 11.8 Å². The topological polar surface area (TPSA) is 24.9 Å². The van der Waals surface area contributed by atoms with Gasteiger partial charge in [0.05, 0.1) is 5.69 Å². The van der Waals surface area contributed by atoms with E-state index in [1.807, 2.05) is 6.07 Å². The number of nitrogens with zero attached hydrogens (tertiary/aromatic N) is 1. The normalized spacial score (nSPS) is 24.3. The van der Waals surface area contributed by atoms with Crippen molar-refractivity contribution in [3.8, 4) is 0 Å². The minimum Gasteiger partial charge on any atom is -0.380 e. The molecule has 2 atom stereocenters. The summed E-state index contributed by atoms with van der Waals surface area (Å²) in [7, 11) is 0. The van der Waals surface area contributed by atoms with E-state index in [9.17, 15) is 0 Å². The average molecular weight is 346 g/mol. The van der Waals surface area contributed by atoms with E-state index in [2.05, 4.69) is 40.1 Å². The molecule has 0 spiro atoms. The number of nitrogens with one attached hydrogen (secondary N) is 1. The van der Waals surface area contributed by atoms with Gasteiger partial charge >= 0.3 is 0 Å². The second kappa shape index (κ2) is 6.94. The van der Waals surface area contributed by atoms with Gasteiger partial charge < -0.3 is 5.32 Å². The maximum atomic E-state index is 6.14. The molecule has 1 fully saturated rings. The highest BCUT2D eigenvalue weighted by Gasteiger charge is 2.21. The van der Waals surface area contributed by atoms with Crippen LogP contribution in [0.2, 0.25) is 5.15 Å². The molecule has 0 amide bonds. The standard InChI is InChI=1S/C15H22BrClN2/c1-10(2)11-4-3-5-13(7-6-11)19-14-8-12(16)9-18-15(14)17/h8-11,13,19H,3-7H2,1-2H3. The molecule has 0 radical (unpaired) electrons. The molecule has 0 aromatic carbocycles. The first-order valence-electron chi connectivity index (χ1n) is 7.14. The number of halogens is 2. The third-order valence-electron chi connectivity index (χ3n) is 4.12. The summed E-state index contributed by atoms with van der Waals surface area (Å²) in [6, 6.07) is 2.54. The van der Waals surface area contributed by atoms with Crippen molar-refractivity contribution in [1.82, 2.24) is 4.98 Å². The molecule has 4 heteroatoms. The van der Waals surface area contributed by atoms with Crippen molar-refractivity contribution in [3.05, 3.63) is 21.9 Å². The number of hydrogen-bond donors (Lipinski definition) is 1. The highest BCUT2D eigenvalue weighted by Crippen LogP contribution is 2.31. The maximum Gasteiger partial charge on any atom is 0.152 e. The maximum absolute atomic E-state index is 6.14. The monoisotopic (exact) mass is 344 g/mol. The van der Waals surface area contributed by atoms with E-state index in [4.69, 9.17) is 11.6 Å². The summed E-state index contributed by atoms with van der Waals surface area (Å²) in [4.78, 5) is 4.17. The van der Waals surface area contributed by atoms with Gasteiger partial charge in [0.25, 0.3) is 0 Å². The zero-order valence-corrected chi connectivity index (χ0v) is 14.0. The molecule has 1 aliphatic carbocycles. The summed E-state index contributed by atoms with van der Waals surface area (Å²) in [5.41, 5.74) is 0.948. The molecule has 1 aromatic rings. The van der Waals surface area contributed by atoms with Crippen LogP contribution in [0.3, 0.4) is 0 Å². The summed E-state index contributed by atoms with van der Waals surface area (Å²) in [6.45, 7) is 4.68. The van der Waals surface area contributed by atoms with Gasteiger partial charge in [0.15, 0.2) is 5.15 Å². The van der Waals surface area contributed by atoms with Crippen molar-refractivity contribution in [1.29, 1.82) is 0 Å². The molecular weight excluding hydrogens is 324 g/mol. The smallest absolute Gasteiger partial charge is 0.152 e. The first-order chi connectivity index (χ1) is 9.06. The van der Waals surface area contributed by atoms with Crippen molar-refractivity contribution < 1.29 is 0 Å². The highest BCUT2D eigenvalue weighted by molar-refractivity contribution is 9.10. The number of anilines is 1. The van der Waals surface area contributed by atoms with Crippen LogP contribution in [0.5, 0.6) is 0 Å². The second-order valence-electron chi connectivity index (χ2n) is 5.85. The summed E-state index contributed by atoms with van der Waals surface area (Å²) in [6.07, 6.45) is 8.17. The number of rotatable bonds is 3. The summed E-state index contributed by atoms with van der Waals surface area (Å²) >= 11 is 9.58. The Kier molecular flexibility index (Phi) is 5.52. The molecular formula is C15H22BrClN2. The second-order valence-corrected chi connectivity index (χ2v) is 7.12. The molecule has 19 heavy (non-hydrogen) atoms. The van der Waals surface area contributed by atoms with Gasteiger partial charge in [-0.05, 0) is 53.1 Å². The van der Waals surface area contributed by atoms with Crippen molar-refractivity contribution >= 4 is 33.2 Å². The Labute approximate surface area is 129 Å². The van der Waals surface area contributed by atoms with E-state index in [1.165, 1.54) is 32.1 Å². The van der Waals surface area contributed by atoms with Gasteiger partial charge in [-0.3, -0.25) is 0 Å². The van der Waals surface area contributed by atoms with E-state index >= 15 is 0 Å². The van der Waals surface area contributed by atoms with E-state index in [1.54, 1.807) is 6.20 Å². The lowest BCUT2D eigenvalue weighted by atomic mass is 9.89. The lowest BCUT2D eigenvalue weighted by Crippen LogP contribution is -2.19. The molecule has 1 aliphatic rings. The van der Waals surface area contributed by atoms with Crippen LogP contribution in [-0.2, 0) is 0 Å². The van der Waals surface area contributed by atoms with Crippen LogP contribution in [0.1, 0.15) is 46.0 Å². The molecule has 2 rings (SSSR count). The van der Waals surface area contributed by atoms with Gasteiger partial charge in [-0.2, -0.15) is 0 Å². The predicted octanol–water partition coefficient (Wildman–Crippen LogP) is 5.51. The van der Waals surface area contributed by atoms with E-state index in [0.29, 0.717) is 11.2 Å². The van der Waals surface area contributed by atoms with E-state index < -0.39 is 0 Å². The quantitative estimate of drug-likeness (QED) is 0.577. The molecule has 1 saturated carbocycles. The van der Waals surface area contributed by atoms with Gasteiger partial charge in [-0.25, -0.2) is 4.98 Å². The number of pyridine rings is 1. The molecule has 1 aromatic heterocycles. The summed E-state index contributed by atoms with van der Waals surface area (Å²) in [5, 5.41) is 4.13. The largest absolute Gasteiger partial charge is 0.380 e. The zero-order chi connectivity index (χ0) is 13.8. The predicted molar refractivity (Wildman–Crippen MR) is 85.8 cm³/mol. The zero-order valence-electron chi connectivity index (χ0n) is 11.6. The summed E-state index contributed by atoms with van der Waals surface area (Å²) in [5.74, 6) is 1.68. The molecule has 1 N–H and O–H groups in total. The third-order valence-corrected chi connectivity index (χ3v) is 4.86. The number of aromatic nitrogens is 1. The molecule has 0 saturated heterocycles. The van der Waals surface area contributed by atoms with Crippen molar-refractivity contribution in [2.45, 2.75) is 52.0 Å². The van der Waals surface area contributed by atoms with Crippen LogP contribution >= 0.6 is 27.5 Å².